The van der Waals surface area contributed by atoms with Crippen molar-refractivity contribution in [3.63, 3.8) is 0 Å². The van der Waals surface area contributed by atoms with Gasteiger partial charge in [-0.25, -0.2) is 8.42 Å². The van der Waals surface area contributed by atoms with Crippen LogP contribution in [-0.4, -0.2) is 25.2 Å². The van der Waals surface area contributed by atoms with Crippen molar-refractivity contribution in [2.24, 2.45) is 0 Å². The van der Waals surface area contributed by atoms with Crippen molar-refractivity contribution in [2.75, 3.05) is 12.0 Å². The van der Waals surface area contributed by atoms with E-state index in [1.807, 2.05) is 0 Å². The second-order valence-corrected chi connectivity index (χ2v) is 7.32. The zero-order valence-corrected chi connectivity index (χ0v) is 11.4. The minimum atomic E-state index is -3.52. The van der Waals surface area contributed by atoms with Crippen LogP contribution in [0, 0.1) is 0 Å². The lowest BCUT2D eigenvalue weighted by atomic mass is 10.00. The highest BCUT2D eigenvalue weighted by atomic mass is 35.5. The smallest absolute Gasteiger partial charge is 0.184 e. The van der Waals surface area contributed by atoms with Crippen LogP contribution in [0.1, 0.15) is 24.2 Å². The average Bonchev–Trinajstić information content (AvgIpc) is 2.14. The van der Waals surface area contributed by atoms with Gasteiger partial charge in [-0.2, -0.15) is 0 Å². The van der Waals surface area contributed by atoms with E-state index in [0.29, 0.717) is 5.69 Å². The van der Waals surface area contributed by atoms with Gasteiger partial charge in [0.05, 0.1) is 5.02 Å². The summed E-state index contributed by atoms with van der Waals surface area (Å²) in [5.74, 6) is -0.537. The highest BCUT2D eigenvalue weighted by molar-refractivity contribution is 7.92. The number of hydrogen-bond acceptors (Lipinski definition) is 4. The van der Waals surface area contributed by atoms with Crippen LogP contribution in [0.15, 0.2) is 18.2 Å². The molecule has 1 rings (SSSR count). The SMILES string of the molecule is CC(C)(C(=O)c1ccc(N)cc1Cl)S(C)(=O)=O. The van der Waals surface area contributed by atoms with E-state index in [2.05, 4.69) is 0 Å². The second kappa shape index (κ2) is 4.31. The monoisotopic (exact) mass is 275 g/mol. The van der Waals surface area contributed by atoms with Gasteiger partial charge in [-0.3, -0.25) is 4.79 Å². The average molecular weight is 276 g/mol. The molecule has 94 valence electrons. The van der Waals surface area contributed by atoms with Crippen molar-refractivity contribution in [2.45, 2.75) is 18.6 Å². The highest BCUT2D eigenvalue weighted by Gasteiger charge is 2.39. The fourth-order valence-corrected chi connectivity index (χ4v) is 1.93. The Bertz CT molecular complexity index is 564. The molecule has 0 unspecified atom stereocenters. The molecule has 17 heavy (non-hydrogen) atoms. The summed E-state index contributed by atoms with van der Waals surface area (Å²) >= 11 is 5.88. The number of nitrogens with two attached hydrogens (primary N) is 1. The van der Waals surface area contributed by atoms with Crippen LogP contribution >= 0.6 is 11.6 Å². The number of carbonyl (C=O) groups is 1. The molecule has 0 bridgehead atoms. The molecule has 4 nitrogen and oxygen atoms in total. The summed E-state index contributed by atoms with van der Waals surface area (Å²) in [6, 6.07) is 4.37. The Kier molecular flexibility index (Phi) is 3.55. The molecule has 0 aliphatic carbocycles. The fraction of sp³-hybridized carbons (Fsp3) is 0.364. The standard InChI is InChI=1S/C11H14ClNO3S/c1-11(2,17(3,15)16)10(14)8-5-4-7(13)6-9(8)12/h4-6H,13H2,1-3H3. The van der Waals surface area contributed by atoms with Gasteiger partial charge in [-0.05, 0) is 32.0 Å². The third-order valence-electron chi connectivity index (χ3n) is 2.71. The molecule has 0 atom stereocenters. The van der Waals surface area contributed by atoms with Gasteiger partial charge in [0, 0.05) is 17.5 Å². The molecule has 0 fully saturated rings. The number of benzene rings is 1. The number of nitrogen functional groups attached to an aromatic ring is 1. The number of hydrogen-bond donors (Lipinski definition) is 1. The van der Waals surface area contributed by atoms with Gasteiger partial charge in [0.1, 0.15) is 4.75 Å². The largest absolute Gasteiger partial charge is 0.399 e. The predicted molar refractivity (Wildman–Crippen MR) is 69.1 cm³/mol. The van der Waals surface area contributed by atoms with E-state index >= 15 is 0 Å². The van der Waals surface area contributed by atoms with Crippen molar-refractivity contribution >= 4 is 32.9 Å². The number of Topliss-reactive ketones (excluding diaryl/α,β-unsaturated/α-hetero) is 1. The molecule has 0 amide bonds. The van der Waals surface area contributed by atoms with E-state index < -0.39 is 20.4 Å². The van der Waals surface area contributed by atoms with E-state index in [1.165, 1.54) is 32.0 Å². The number of halogens is 1. The molecule has 0 heterocycles. The maximum atomic E-state index is 12.1. The van der Waals surface area contributed by atoms with Crippen molar-refractivity contribution in [3.8, 4) is 0 Å². The molecule has 1 aromatic carbocycles. The first-order chi connectivity index (χ1) is 7.57. The van der Waals surface area contributed by atoms with Gasteiger partial charge in [0.2, 0.25) is 0 Å². The second-order valence-electron chi connectivity index (χ2n) is 4.35. The molecule has 0 aliphatic heterocycles. The van der Waals surface area contributed by atoms with E-state index in [4.69, 9.17) is 17.3 Å². The maximum Gasteiger partial charge on any atom is 0.184 e. The summed E-state index contributed by atoms with van der Waals surface area (Å²) in [4.78, 5) is 12.1. The lowest BCUT2D eigenvalue weighted by molar-refractivity contribution is 0.0954. The Morgan fingerprint density at radius 3 is 2.29 bits per heavy atom. The Morgan fingerprint density at radius 1 is 1.35 bits per heavy atom. The molecule has 0 radical (unpaired) electrons. The van der Waals surface area contributed by atoms with Gasteiger partial charge in [-0.1, -0.05) is 11.6 Å². The van der Waals surface area contributed by atoms with E-state index in [9.17, 15) is 13.2 Å². The molecular formula is C11H14ClNO3S. The molecule has 2 N–H and O–H groups in total. The summed E-state index contributed by atoms with van der Waals surface area (Å²) < 4.78 is 21.6. The van der Waals surface area contributed by atoms with Gasteiger partial charge in [0.15, 0.2) is 15.6 Å². The number of carbonyl (C=O) groups excluding carboxylic acids is 1. The third-order valence-corrected chi connectivity index (χ3v) is 5.06. The molecule has 0 aromatic heterocycles. The van der Waals surface area contributed by atoms with E-state index in [0.717, 1.165) is 6.26 Å². The lowest BCUT2D eigenvalue weighted by Crippen LogP contribution is -2.40. The zero-order chi connectivity index (χ0) is 13.4. The van der Waals surface area contributed by atoms with Crippen LogP contribution in [0.4, 0.5) is 5.69 Å². The maximum absolute atomic E-state index is 12.1. The molecule has 0 saturated carbocycles. The summed E-state index contributed by atoms with van der Waals surface area (Å²) in [6.45, 7) is 2.72. The van der Waals surface area contributed by atoms with Crippen LogP contribution in [0.3, 0.4) is 0 Å². The Labute approximate surface area is 106 Å². The fourth-order valence-electron chi connectivity index (χ4n) is 1.21. The lowest BCUT2D eigenvalue weighted by Gasteiger charge is -2.21. The quantitative estimate of drug-likeness (QED) is 0.675. The molecule has 1 aromatic rings. The van der Waals surface area contributed by atoms with E-state index in [-0.39, 0.29) is 10.6 Å². The molecule has 0 spiro atoms. The Morgan fingerprint density at radius 2 is 1.88 bits per heavy atom. The normalized spacial score (nSPS) is 12.5. The molecule has 0 aliphatic rings. The Hall–Kier alpha value is -1.07. The molecular weight excluding hydrogens is 262 g/mol. The van der Waals surface area contributed by atoms with Crippen molar-refractivity contribution < 1.29 is 13.2 Å². The first-order valence-corrected chi connectivity index (χ1v) is 7.13. The summed E-state index contributed by atoms with van der Waals surface area (Å²) in [7, 11) is -3.52. The topological polar surface area (TPSA) is 77.2 Å². The summed E-state index contributed by atoms with van der Waals surface area (Å²) in [5, 5.41) is 0.159. The highest BCUT2D eigenvalue weighted by Crippen LogP contribution is 2.27. The van der Waals surface area contributed by atoms with Gasteiger partial charge >= 0.3 is 0 Å². The minimum Gasteiger partial charge on any atom is -0.399 e. The van der Waals surface area contributed by atoms with Crippen molar-refractivity contribution in [1.29, 1.82) is 0 Å². The Balaban J connectivity index is 3.32. The molecule has 0 saturated heterocycles. The number of anilines is 1. The van der Waals surface area contributed by atoms with Crippen molar-refractivity contribution in [1.82, 2.24) is 0 Å². The van der Waals surface area contributed by atoms with Crippen LogP contribution in [0.5, 0.6) is 0 Å². The van der Waals surface area contributed by atoms with Crippen molar-refractivity contribution in [3.05, 3.63) is 28.8 Å². The number of sulfone groups is 1. The zero-order valence-electron chi connectivity index (χ0n) is 9.82. The van der Waals surface area contributed by atoms with Gasteiger partial charge < -0.3 is 5.73 Å². The number of ketones is 1. The first kappa shape index (κ1) is 14.0. The van der Waals surface area contributed by atoms with Crippen LogP contribution in [0.2, 0.25) is 5.02 Å². The summed E-state index contributed by atoms with van der Waals surface area (Å²) in [6.07, 6.45) is 1.02. The molecule has 6 heteroatoms. The van der Waals surface area contributed by atoms with Crippen LogP contribution in [0.25, 0.3) is 0 Å². The third kappa shape index (κ3) is 2.61. The van der Waals surface area contributed by atoms with Gasteiger partial charge in [0.25, 0.3) is 0 Å². The van der Waals surface area contributed by atoms with Gasteiger partial charge in [-0.15, -0.1) is 0 Å². The van der Waals surface area contributed by atoms with Crippen LogP contribution in [-0.2, 0) is 9.84 Å². The predicted octanol–water partition coefficient (Wildman–Crippen LogP) is 1.93. The van der Waals surface area contributed by atoms with E-state index in [1.54, 1.807) is 0 Å². The summed E-state index contributed by atoms with van der Waals surface area (Å²) in [5.41, 5.74) is 6.09. The first-order valence-electron chi connectivity index (χ1n) is 4.87. The minimum absolute atomic E-state index is 0.159. The van der Waals surface area contributed by atoms with Crippen LogP contribution < -0.4 is 5.73 Å². The number of rotatable bonds is 3.